The molecule has 0 atom stereocenters. The van der Waals surface area contributed by atoms with Crippen LogP contribution in [0, 0.1) is 0 Å². The number of amides is 1. The van der Waals surface area contributed by atoms with Crippen LogP contribution < -0.4 is 11.1 Å². The van der Waals surface area contributed by atoms with E-state index in [2.05, 4.69) is 50.4 Å². The second-order valence-corrected chi connectivity index (χ2v) is 6.12. The zero-order chi connectivity index (χ0) is 16.2. The highest BCUT2D eigenvalue weighted by molar-refractivity contribution is 5.94. The Bertz CT molecular complexity index is 627. The summed E-state index contributed by atoms with van der Waals surface area (Å²) in [4.78, 5) is 12.1. The van der Waals surface area contributed by atoms with Crippen molar-refractivity contribution in [2.75, 3.05) is 6.54 Å². The van der Waals surface area contributed by atoms with Crippen LogP contribution in [0.4, 0.5) is 0 Å². The Morgan fingerprint density at radius 1 is 1.27 bits per heavy atom. The molecule has 0 spiro atoms. The summed E-state index contributed by atoms with van der Waals surface area (Å²) in [6.07, 6.45) is 2.47. The van der Waals surface area contributed by atoms with Crippen LogP contribution in [0.25, 0.3) is 0 Å². The summed E-state index contributed by atoms with van der Waals surface area (Å²) in [7, 11) is 0. The summed E-state index contributed by atoms with van der Waals surface area (Å²) < 4.78 is 5.19. The summed E-state index contributed by atoms with van der Waals surface area (Å²) in [5, 5.41) is 2.96. The van der Waals surface area contributed by atoms with Crippen molar-refractivity contribution in [1.29, 1.82) is 0 Å². The molecule has 0 aliphatic carbocycles. The van der Waals surface area contributed by atoms with Gasteiger partial charge in [0.25, 0.3) is 5.91 Å². The second kappa shape index (κ2) is 6.79. The van der Waals surface area contributed by atoms with Crippen LogP contribution >= 0.6 is 0 Å². The normalized spacial score (nSPS) is 11.5. The number of nitrogens with two attached hydrogens (primary N) is 1. The maximum absolute atomic E-state index is 12.1. The summed E-state index contributed by atoms with van der Waals surface area (Å²) in [5.41, 5.74) is 8.38. The molecule has 0 saturated heterocycles. The van der Waals surface area contributed by atoms with Gasteiger partial charge in [0.1, 0.15) is 12.0 Å². The number of nitrogens with one attached hydrogen (secondary N) is 1. The minimum absolute atomic E-state index is 0.137. The number of hydrogen-bond acceptors (Lipinski definition) is 3. The van der Waals surface area contributed by atoms with Gasteiger partial charge in [-0.15, -0.1) is 0 Å². The topological polar surface area (TPSA) is 68.3 Å². The van der Waals surface area contributed by atoms with E-state index >= 15 is 0 Å². The predicted octanol–water partition coefficient (Wildman–Crippen LogP) is 3.01. The molecule has 4 nitrogen and oxygen atoms in total. The van der Waals surface area contributed by atoms with E-state index in [1.165, 1.54) is 17.4 Å². The van der Waals surface area contributed by atoms with Gasteiger partial charge in [-0.05, 0) is 23.6 Å². The van der Waals surface area contributed by atoms with E-state index in [1.807, 2.05) is 0 Å². The van der Waals surface area contributed by atoms with Crippen molar-refractivity contribution in [1.82, 2.24) is 5.32 Å². The second-order valence-electron chi connectivity index (χ2n) is 6.12. The molecular formula is C18H24N2O2. The molecule has 4 heteroatoms. The van der Waals surface area contributed by atoms with Crippen LogP contribution in [0.2, 0.25) is 0 Å². The molecule has 2 rings (SSSR count). The van der Waals surface area contributed by atoms with Crippen LogP contribution in [0.5, 0.6) is 0 Å². The summed E-state index contributed by atoms with van der Waals surface area (Å²) in [6.45, 7) is 7.23. The maximum Gasteiger partial charge on any atom is 0.254 e. The Labute approximate surface area is 131 Å². The monoisotopic (exact) mass is 300 g/mol. The molecule has 0 saturated carbocycles. The third-order valence-electron chi connectivity index (χ3n) is 3.95. The van der Waals surface area contributed by atoms with Gasteiger partial charge < -0.3 is 15.5 Å². The molecule has 1 aromatic carbocycles. The van der Waals surface area contributed by atoms with Crippen molar-refractivity contribution >= 4 is 5.91 Å². The van der Waals surface area contributed by atoms with Crippen LogP contribution in [-0.4, -0.2) is 12.5 Å². The molecule has 118 valence electrons. The molecule has 0 fully saturated rings. The molecule has 0 aliphatic heterocycles. The first-order chi connectivity index (χ1) is 10.5. The van der Waals surface area contributed by atoms with Gasteiger partial charge in [0.15, 0.2) is 0 Å². The molecule has 22 heavy (non-hydrogen) atoms. The molecular weight excluding hydrogens is 276 g/mol. The maximum atomic E-state index is 12.1. The van der Waals surface area contributed by atoms with E-state index in [1.54, 1.807) is 6.07 Å². The van der Waals surface area contributed by atoms with Crippen LogP contribution in [0.15, 0.2) is 41.0 Å². The minimum atomic E-state index is -0.137. The smallest absolute Gasteiger partial charge is 0.254 e. The van der Waals surface area contributed by atoms with Gasteiger partial charge in [0.05, 0.1) is 12.1 Å². The van der Waals surface area contributed by atoms with Gasteiger partial charge >= 0.3 is 0 Å². The first kappa shape index (κ1) is 16.3. The fourth-order valence-corrected chi connectivity index (χ4v) is 2.30. The third-order valence-corrected chi connectivity index (χ3v) is 3.95. The minimum Gasteiger partial charge on any atom is -0.467 e. The van der Waals surface area contributed by atoms with Crippen molar-refractivity contribution in [2.45, 2.75) is 39.2 Å². The number of furan rings is 1. The lowest BCUT2D eigenvalue weighted by atomic mass is 9.84. The Kier molecular flexibility index (Phi) is 5.03. The summed E-state index contributed by atoms with van der Waals surface area (Å²) in [6, 6.07) is 10.2. The van der Waals surface area contributed by atoms with E-state index in [9.17, 15) is 4.79 Å². The fraction of sp³-hybridized carbons (Fsp3) is 0.389. The van der Waals surface area contributed by atoms with E-state index in [0.717, 1.165) is 6.42 Å². The average molecular weight is 300 g/mol. The van der Waals surface area contributed by atoms with E-state index in [-0.39, 0.29) is 11.3 Å². The summed E-state index contributed by atoms with van der Waals surface area (Å²) in [5.74, 6) is 0.473. The quantitative estimate of drug-likeness (QED) is 0.861. The number of carbonyl (C=O) groups is 1. The number of carbonyl (C=O) groups excluding carboxylic acids is 1. The van der Waals surface area contributed by atoms with Crippen molar-refractivity contribution in [2.24, 2.45) is 5.73 Å². The van der Waals surface area contributed by atoms with Crippen molar-refractivity contribution < 1.29 is 9.21 Å². The lowest BCUT2D eigenvalue weighted by Gasteiger charge is -2.25. The molecule has 1 amide bonds. The van der Waals surface area contributed by atoms with E-state index < -0.39 is 0 Å². The Morgan fingerprint density at radius 2 is 1.95 bits per heavy atom. The first-order valence-corrected chi connectivity index (χ1v) is 7.61. The predicted molar refractivity (Wildman–Crippen MR) is 87.8 cm³/mol. The Morgan fingerprint density at radius 3 is 2.50 bits per heavy atom. The molecule has 0 unspecified atom stereocenters. The van der Waals surface area contributed by atoms with Crippen molar-refractivity contribution in [3.8, 4) is 0 Å². The van der Waals surface area contributed by atoms with Gasteiger partial charge in [0, 0.05) is 12.0 Å². The van der Waals surface area contributed by atoms with Crippen LogP contribution in [0.3, 0.4) is 0 Å². The van der Waals surface area contributed by atoms with Crippen molar-refractivity contribution in [3.05, 3.63) is 59.0 Å². The van der Waals surface area contributed by atoms with Gasteiger partial charge in [0.2, 0.25) is 0 Å². The zero-order valence-electron chi connectivity index (χ0n) is 13.5. The molecule has 0 bridgehead atoms. The van der Waals surface area contributed by atoms with Crippen LogP contribution in [0.1, 0.15) is 48.0 Å². The number of benzene rings is 1. The van der Waals surface area contributed by atoms with Gasteiger partial charge in [-0.3, -0.25) is 4.79 Å². The number of hydrogen-bond donors (Lipinski definition) is 2. The van der Waals surface area contributed by atoms with Gasteiger partial charge in [-0.1, -0.05) is 45.0 Å². The lowest BCUT2D eigenvalue weighted by Crippen LogP contribution is -2.36. The van der Waals surface area contributed by atoms with E-state index in [4.69, 9.17) is 10.2 Å². The average Bonchev–Trinajstić information content (AvgIpc) is 3.02. The zero-order valence-corrected chi connectivity index (χ0v) is 13.5. The molecule has 0 aliphatic rings. The Balaban J connectivity index is 2.00. The highest BCUT2D eigenvalue weighted by Gasteiger charge is 2.22. The van der Waals surface area contributed by atoms with Gasteiger partial charge in [-0.2, -0.15) is 0 Å². The molecule has 0 radical (unpaired) electrons. The molecule has 1 aromatic heterocycles. The van der Waals surface area contributed by atoms with Gasteiger partial charge in [-0.25, -0.2) is 0 Å². The summed E-state index contributed by atoms with van der Waals surface area (Å²) >= 11 is 0. The molecule has 1 heterocycles. The van der Waals surface area contributed by atoms with Crippen molar-refractivity contribution in [3.63, 3.8) is 0 Å². The highest BCUT2D eigenvalue weighted by atomic mass is 16.3. The SMILES string of the molecule is CCc1ccc(C(C)(C)CNC(=O)c2coc(CN)c2)cc1. The standard InChI is InChI=1S/C18H24N2O2/c1-4-13-5-7-15(8-6-13)18(2,3)12-20-17(21)14-9-16(10-19)22-11-14/h5-9,11H,4,10,12,19H2,1-3H3,(H,20,21). The Hall–Kier alpha value is -2.07. The van der Waals surface area contributed by atoms with Crippen LogP contribution in [-0.2, 0) is 18.4 Å². The van der Waals surface area contributed by atoms with E-state index in [0.29, 0.717) is 24.4 Å². The molecule has 2 aromatic rings. The first-order valence-electron chi connectivity index (χ1n) is 7.61. The third kappa shape index (κ3) is 3.77. The highest BCUT2D eigenvalue weighted by Crippen LogP contribution is 2.23. The fourth-order valence-electron chi connectivity index (χ4n) is 2.30. The number of rotatable bonds is 6. The number of aryl methyl sites for hydroxylation is 1. The largest absolute Gasteiger partial charge is 0.467 e. The lowest BCUT2D eigenvalue weighted by molar-refractivity contribution is 0.0945. The molecule has 3 N–H and O–H groups in total.